The number of hydrogen-bond acceptors (Lipinski definition) is 4. The number of carboxylic acid groups (broad SMARTS) is 1. The van der Waals surface area contributed by atoms with Gasteiger partial charge in [-0.15, -0.1) is 0 Å². The van der Waals surface area contributed by atoms with Crippen molar-refractivity contribution in [2.75, 3.05) is 27.2 Å². The number of ether oxygens (including phenoxy) is 1. The van der Waals surface area contributed by atoms with E-state index in [0.717, 1.165) is 18.7 Å². The van der Waals surface area contributed by atoms with Gasteiger partial charge in [-0.2, -0.15) is 0 Å². The molecule has 0 aromatic heterocycles. The summed E-state index contributed by atoms with van der Waals surface area (Å²) in [5, 5.41) is 7.60. The van der Waals surface area contributed by atoms with Crippen LogP contribution < -0.4 is 0 Å². The summed E-state index contributed by atoms with van der Waals surface area (Å²) < 4.78 is 4.70. The Labute approximate surface area is 89.6 Å². The second-order valence-electron chi connectivity index (χ2n) is 2.72. The van der Waals surface area contributed by atoms with Crippen LogP contribution in [0.2, 0.25) is 0 Å². The van der Waals surface area contributed by atoms with E-state index in [4.69, 9.17) is 9.84 Å². The average molecular weight is 215 g/mol. The molecule has 86 valence electrons. The first-order valence-electron chi connectivity index (χ1n) is 4.23. The van der Waals surface area contributed by atoms with Crippen LogP contribution in [0.4, 0.5) is 0 Å². The molecule has 0 bridgehead atoms. The molecule has 0 rings (SSSR count). The Bertz CT molecular complexity index is 223. The fraction of sp³-hybridized carbons (Fsp3) is 0.400. The van der Waals surface area contributed by atoms with Gasteiger partial charge in [0.05, 0.1) is 0 Å². The van der Waals surface area contributed by atoms with Crippen molar-refractivity contribution in [1.82, 2.24) is 4.90 Å². The van der Waals surface area contributed by atoms with Gasteiger partial charge < -0.3 is 14.7 Å². The summed E-state index contributed by atoms with van der Waals surface area (Å²) in [6.45, 7) is 7.41. The van der Waals surface area contributed by atoms with Crippen LogP contribution in [0.25, 0.3) is 0 Å². The highest BCUT2D eigenvalue weighted by atomic mass is 16.5. The third-order valence-corrected chi connectivity index (χ3v) is 1.12. The third kappa shape index (κ3) is 19.0. The van der Waals surface area contributed by atoms with Crippen molar-refractivity contribution in [1.29, 1.82) is 0 Å². The van der Waals surface area contributed by atoms with Crippen molar-refractivity contribution in [3.8, 4) is 0 Å². The SMILES string of the molecule is C=CC(=O)O.C=CC(=O)OCCN(C)C. The fourth-order valence-electron chi connectivity index (χ4n) is 0.388. The van der Waals surface area contributed by atoms with E-state index in [-0.39, 0.29) is 5.97 Å². The van der Waals surface area contributed by atoms with Crippen molar-refractivity contribution in [3.63, 3.8) is 0 Å². The average Bonchev–Trinajstić information content (AvgIpc) is 2.17. The van der Waals surface area contributed by atoms with E-state index in [1.807, 2.05) is 19.0 Å². The van der Waals surface area contributed by atoms with Crippen LogP contribution in [0.15, 0.2) is 25.3 Å². The molecule has 5 nitrogen and oxygen atoms in total. The number of carboxylic acids is 1. The Hall–Kier alpha value is -1.62. The van der Waals surface area contributed by atoms with Gasteiger partial charge in [-0.05, 0) is 14.1 Å². The lowest BCUT2D eigenvalue weighted by atomic mass is 10.6. The van der Waals surface area contributed by atoms with Crippen LogP contribution >= 0.6 is 0 Å². The number of likely N-dealkylation sites (N-methyl/N-ethyl adjacent to an activating group) is 1. The number of rotatable bonds is 5. The van der Waals surface area contributed by atoms with Crippen LogP contribution in [0.3, 0.4) is 0 Å². The molecule has 1 N–H and O–H groups in total. The van der Waals surface area contributed by atoms with Gasteiger partial charge >= 0.3 is 11.9 Å². The summed E-state index contributed by atoms with van der Waals surface area (Å²) in [5.74, 6) is -1.34. The summed E-state index contributed by atoms with van der Waals surface area (Å²) in [7, 11) is 3.84. The highest BCUT2D eigenvalue weighted by molar-refractivity contribution is 5.81. The van der Waals surface area contributed by atoms with Gasteiger partial charge in [0.15, 0.2) is 0 Å². The number of aliphatic carboxylic acids is 1. The minimum atomic E-state index is -0.981. The molecule has 0 fully saturated rings. The molecule has 0 heterocycles. The van der Waals surface area contributed by atoms with Crippen LogP contribution in [0, 0.1) is 0 Å². The normalized spacial score (nSPS) is 8.47. The lowest BCUT2D eigenvalue weighted by Crippen LogP contribution is -2.19. The quantitative estimate of drug-likeness (QED) is 0.535. The van der Waals surface area contributed by atoms with E-state index < -0.39 is 5.97 Å². The van der Waals surface area contributed by atoms with E-state index in [2.05, 4.69) is 13.2 Å². The van der Waals surface area contributed by atoms with E-state index in [1.54, 1.807) is 0 Å². The number of nitrogens with zero attached hydrogens (tertiary/aromatic N) is 1. The lowest BCUT2D eigenvalue weighted by molar-refractivity contribution is -0.138. The van der Waals surface area contributed by atoms with Gasteiger partial charge in [0.25, 0.3) is 0 Å². The molecule has 5 heteroatoms. The number of esters is 1. The van der Waals surface area contributed by atoms with Gasteiger partial charge in [0, 0.05) is 18.7 Å². The zero-order valence-electron chi connectivity index (χ0n) is 9.10. The van der Waals surface area contributed by atoms with E-state index in [0.29, 0.717) is 6.61 Å². The smallest absolute Gasteiger partial charge is 0.330 e. The molecule has 0 spiro atoms. The van der Waals surface area contributed by atoms with E-state index in [9.17, 15) is 9.59 Å². The molecule has 0 aliphatic rings. The second-order valence-corrected chi connectivity index (χ2v) is 2.72. The van der Waals surface area contributed by atoms with Crippen LogP contribution in [-0.2, 0) is 14.3 Å². The van der Waals surface area contributed by atoms with Gasteiger partial charge in [-0.1, -0.05) is 13.2 Å². The highest BCUT2D eigenvalue weighted by Crippen LogP contribution is 1.80. The van der Waals surface area contributed by atoms with Gasteiger partial charge in [0.1, 0.15) is 6.61 Å². The number of carbonyl (C=O) groups is 2. The predicted molar refractivity (Wildman–Crippen MR) is 57.5 cm³/mol. The molecule has 0 saturated heterocycles. The molecular formula is C10H17NO4. The minimum absolute atomic E-state index is 0.359. The molecule has 15 heavy (non-hydrogen) atoms. The fourth-order valence-corrected chi connectivity index (χ4v) is 0.388. The Morgan fingerprint density at radius 2 is 1.80 bits per heavy atom. The van der Waals surface area contributed by atoms with Gasteiger partial charge in [-0.3, -0.25) is 0 Å². The second kappa shape index (κ2) is 10.5. The summed E-state index contributed by atoms with van der Waals surface area (Å²) in [4.78, 5) is 21.6. The topological polar surface area (TPSA) is 66.8 Å². The first-order valence-corrected chi connectivity index (χ1v) is 4.23. The summed E-state index contributed by atoms with van der Waals surface area (Å²) in [6.07, 6.45) is 2.00. The van der Waals surface area contributed by atoms with Crippen molar-refractivity contribution in [2.45, 2.75) is 0 Å². The molecular weight excluding hydrogens is 198 g/mol. The van der Waals surface area contributed by atoms with Crippen LogP contribution in [0.1, 0.15) is 0 Å². The molecule has 0 aliphatic carbocycles. The maximum Gasteiger partial charge on any atom is 0.330 e. The molecule has 0 amide bonds. The van der Waals surface area contributed by atoms with Crippen molar-refractivity contribution in [3.05, 3.63) is 25.3 Å². The minimum Gasteiger partial charge on any atom is -0.478 e. The Kier molecular flexibility index (Phi) is 11.0. The van der Waals surface area contributed by atoms with Crippen LogP contribution in [-0.4, -0.2) is 49.2 Å². The van der Waals surface area contributed by atoms with Crippen molar-refractivity contribution in [2.24, 2.45) is 0 Å². The zero-order chi connectivity index (χ0) is 12.3. The lowest BCUT2D eigenvalue weighted by Gasteiger charge is -2.07. The molecule has 0 aromatic rings. The number of carbonyl (C=O) groups excluding carboxylic acids is 1. The third-order valence-electron chi connectivity index (χ3n) is 1.12. The maximum absolute atomic E-state index is 10.4. The highest BCUT2D eigenvalue weighted by Gasteiger charge is 1.94. The predicted octanol–water partition coefficient (Wildman–Crippen LogP) is 0.534. The zero-order valence-corrected chi connectivity index (χ0v) is 9.10. The van der Waals surface area contributed by atoms with Crippen molar-refractivity contribution < 1.29 is 19.4 Å². The first-order chi connectivity index (χ1) is 6.93. The maximum atomic E-state index is 10.4. The molecule has 0 aliphatic heterocycles. The van der Waals surface area contributed by atoms with Gasteiger partial charge in [0.2, 0.25) is 0 Å². The Balaban J connectivity index is 0. The Morgan fingerprint density at radius 3 is 2.07 bits per heavy atom. The molecule has 0 saturated carbocycles. The number of hydrogen-bond donors (Lipinski definition) is 1. The van der Waals surface area contributed by atoms with Crippen molar-refractivity contribution >= 4 is 11.9 Å². The first kappa shape index (κ1) is 15.8. The molecule has 0 radical (unpaired) electrons. The van der Waals surface area contributed by atoms with E-state index in [1.165, 1.54) is 0 Å². The molecule has 0 unspecified atom stereocenters. The summed E-state index contributed by atoms with van der Waals surface area (Å²) in [6, 6.07) is 0. The van der Waals surface area contributed by atoms with Gasteiger partial charge in [-0.25, -0.2) is 9.59 Å². The van der Waals surface area contributed by atoms with Crippen LogP contribution in [0.5, 0.6) is 0 Å². The molecule has 0 aromatic carbocycles. The summed E-state index contributed by atoms with van der Waals surface area (Å²) in [5.41, 5.74) is 0. The summed E-state index contributed by atoms with van der Waals surface area (Å²) >= 11 is 0. The standard InChI is InChI=1S/C7H13NO2.C3H4O2/c1-4-7(9)10-6-5-8(2)3;1-2-3(4)5/h4H,1,5-6H2,2-3H3;2H,1H2,(H,4,5). The monoisotopic (exact) mass is 215 g/mol. The molecule has 0 atom stereocenters. The largest absolute Gasteiger partial charge is 0.478 e. The van der Waals surface area contributed by atoms with E-state index >= 15 is 0 Å². The Morgan fingerprint density at radius 1 is 1.33 bits per heavy atom.